The van der Waals surface area contributed by atoms with Gasteiger partial charge in [0, 0.05) is 12.1 Å². The molecule has 2 rings (SSSR count). The van der Waals surface area contributed by atoms with Crippen LogP contribution in [-0.4, -0.2) is 30.0 Å². The topological polar surface area (TPSA) is 66.8 Å². The molecule has 0 saturated heterocycles. The molecule has 1 atom stereocenters. The number of hydroxylamine groups is 2. The van der Waals surface area contributed by atoms with Crippen molar-refractivity contribution >= 4 is 15.9 Å². The van der Waals surface area contributed by atoms with Crippen LogP contribution in [0.15, 0.2) is 36.4 Å². The van der Waals surface area contributed by atoms with Gasteiger partial charge in [-0.15, -0.1) is 5.06 Å². The Balaban J connectivity index is 2.34. The van der Waals surface area contributed by atoms with Crippen LogP contribution >= 0.6 is 0 Å². The van der Waals surface area contributed by atoms with Gasteiger partial charge in [-0.05, 0) is 13.0 Å². The van der Waals surface area contributed by atoms with E-state index in [0.717, 1.165) is 5.56 Å². The zero-order valence-electron chi connectivity index (χ0n) is 9.28. The fourth-order valence-corrected chi connectivity index (χ4v) is 2.44. The summed E-state index contributed by atoms with van der Waals surface area (Å²) >= 11 is 0. The van der Waals surface area contributed by atoms with Gasteiger partial charge in [0.2, 0.25) is 0 Å². The van der Waals surface area contributed by atoms with Gasteiger partial charge in [0.1, 0.15) is 0 Å². The van der Waals surface area contributed by atoms with Crippen LogP contribution in [0.1, 0.15) is 12.5 Å². The van der Waals surface area contributed by atoms with Gasteiger partial charge in [-0.3, -0.25) is 4.55 Å². The summed E-state index contributed by atoms with van der Waals surface area (Å²) in [6.45, 7) is 2.11. The van der Waals surface area contributed by atoms with Crippen molar-refractivity contribution in [3.63, 3.8) is 0 Å². The Morgan fingerprint density at radius 1 is 1.35 bits per heavy atom. The fourth-order valence-electron chi connectivity index (χ4n) is 1.65. The molecule has 1 unspecified atom stereocenters. The molecule has 1 aromatic rings. The first kappa shape index (κ1) is 12.1. The van der Waals surface area contributed by atoms with E-state index in [1.54, 1.807) is 6.92 Å². The average Bonchev–Trinajstić information content (AvgIpc) is 2.74. The normalized spacial score (nSPS) is 21.1. The maximum absolute atomic E-state index is 11.2. The molecule has 17 heavy (non-hydrogen) atoms. The minimum Gasteiger partial charge on any atom is -0.404 e. The van der Waals surface area contributed by atoms with Crippen LogP contribution in [0.5, 0.6) is 0 Å². The van der Waals surface area contributed by atoms with E-state index >= 15 is 0 Å². The average molecular weight is 255 g/mol. The monoisotopic (exact) mass is 255 g/mol. The third-order valence-corrected chi connectivity index (χ3v) is 3.45. The van der Waals surface area contributed by atoms with Crippen molar-refractivity contribution in [1.29, 1.82) is 0 Å². The van der Waals surface area contributed by atoms with Crippen molar-refractivity contribution in [2.75, 3.05) is 6.54 Å². The van der Waals surface area contributed by atoms with Crippen LogP contribution in [-0.2, 0) is 15.0 Å². The van der Waals surface area contributed by atoms with Crippen molar-refractivity contribution in [2.45, 2.75) is 12.3 Å². The summed E-state index contributed by atoms with van der Waals surface area (Å²) in [6.07, 6.45) is 1.40. The van der Waals surface area contributed by atoms with Gasteiger partial charge in [0.25, 0.3) is 10.1 Å². The largest absolute Gasteiger partial charge is 0.404 e. The van der Waals surface area contributed by atoms with Crippen LogP contribution in [0, 0.1) is 0 Å². The third kappa shape index (κ3) is 2.49. The summed E-state index contributed by atoms with van der Waals surface area (Å²) in [5.74, 6) is 0.440. The van der Waals surface area contributed by atoms with Crippen molar-refractivity contribution in [2.24, 2.45) is 0 Å². The highest BCUT2D eigenvalue weighted by atomic mass is 32.2. The summed E-state index contributed by atoms with van der Waals surface area (Å²) in [5.41, 5.74) is 0.775. The molecule has 0 saturated carbocycles. The van der Waals surface area contributed by atoms with E-state index in [0.29, 0.717) is 12.3 Å². The van der Waals surface area contributed by atoms with E-state index in [4.69, 9.17) is 9.39 Å². The molecule has 0 spiro atoms. The Morgan fingerprint density at radius 2 is 2.00 bits per heavy atom. The van der Waals surface area contributed by atoms with Crippen LogP contribution in [0.3, 0.4) is 0 Å². The van der Waals surface area contributed by atoms with E-state index < -0.39 is 15.5 Å². The number of hydrogen-bond donors (Lipinski definition) is 1. The van der Waals surface area contributed by atoms with Gasteiger partial charge < -0.3 is 4.84 Å². The van der Waals surface area contributed by atoms with Crippen LogP contribution in [0.4, 0.5) is 0 Å². The van der Waals surface area contributed by atoms with Crippen molar-refractivity contribution in [3.8, 4) is 0 Å². The van der Waals surface area contributed by atoms with Crippen LogP contribution in [0.25, 0.3) is 5.76 Å². The molecule has 1 N–H and O–H groups in total. The summed E-state index contributed by atoms with van der Waals surface area (Å²) in [4.78, 5) is 5.39. The zero-order valence-corrected chi connectivity index (χ0v) is 10.1. The number of hydrogen-bond acceptors (Lipinski definition) is 4. The van der Waals surface area contributed by atoms with E-state index in [1.165, 1.54) is 11.1 Å². The maximum atomic E-state index is 11.2. The zero-order chi connectivity index (χ0) is 12.5. The predicted molar refractivity (Wildman–Crippen MR) is 63.2 cm³/mol. The van der Waals surface area contributed by atoms with Gasteiger partial charge in [-0.1, -0.05) is 30.3 Å². The lowest BCUT2D eigenvalue weighted by Crippen LogP contribution is -2.34. The maximum Gasteiger partial charge on any atom is 0.288 e. The van der Waals surface area contributed by atoms with Gasteiger partial charge in [0.05, 0.1) is 0 Å². The van der Waals surface area contributed by atoms with E-state index in [1.807, 2.05) is 30.3 Å². The predicted octanol–water partition coefficient (Wildman–Crippen LogP) is 1.51. The lowest BCUT2D eigenvalue weighted by molar-refractivity contribution is -0.0684. The first-order chi connectivity index (χ1) is 8.02. The summed E-state index contributed by atoms with van der Waals surface area (Å²) < 4.78 is 31.4. The molecular weight excluding hydrogens is 242 g/mol. The highest BCUT2D eigenvalue weighted by molar-refractivity contribution is 7.86. The Morgan fingerprint density at radius 3 is 2.47 bits per heavy atom. The quantitative estimate of drug-likeness (QED) is 0.829. The molecule has 0 aliphatic carbocycles. The van der Waals surface area contributed by atoms with Gasteiger partial charge >= 0.3 is 0 Å². The second-order valence-electron chi connectivity index (χ2n) is 3.63. The Bertz CT molecular complexity index is 524. The molecule has 0 fully saturated rings. The lowest BCUT2D eigenvalue weighted by Gasteiger charge is -2.18. The van der Waals surface area contributed by atoms with Crippen molar-refractivity contribution < 1.29 is 17.8 Å². The molecule has 0 amide bonds. The highest BCUT2D eigenvalue weighted by Crippen LogP contribution is 2.28. The second kappa shape index (κ2) is 4.48. The van der Waals surface area contributed by atoms with E-state index in [9.17, 15) is 8.42 Å². The Labute approximate surface area is 100 Å². The number of likely N-dealkylation sites (N-methyl/N-ethyl adjacent to an activating group) is 1. The minimum absolute atomic E-state index is 0.358. The minimum atomic E-state index is -4.18. The first-order valence-electron chi connectivity index (χ1n) is 5.20. The summed E-state index contributed by atoms with van der Waals surface area (Å²) in [5, 5.41) is 0.0835. The Hall–Kier alpha value is -1.37. The summed E-state index contributed by atoms with van der Waals surface area (Å²) in [7, 11) is -4.18. The first-order valence-corrected chi connectivity index (χ1v) is 6.71. The molecule has 6 heteroatoms. The van der Waals surface area contributed by atoms with Crippen LogP contribution in [0.2, 0.25) is 0 Å². The molecule has 1 aliphatic heterocycles. The van der Waals surface area contributed by atoms with Crippen LogP contribution < -0.4 is 0 Å². The van der Waals surface area contributed by atoms with Gasteiger partial charge in [0.15, 0.2) is 11.1 Å². The standard InChI is InChI=1S/C11H13NO4S/c1-2-12-11(17(13,14)15)8-10(16-12)9-6-4-3-5-7-9/h3-8,11H,2H2,1H3,(H,13,14,15). The van der Waals surface area contributed by atoms with E-state index in [-0.39, 0.29) is 0 Å². The summed E-state index contributed by atoms with van der Waals surface area (Å²) in [6, 6.07) is 9.14. The molecular formula is C11H13NO4S. The van der Waals surface area contributed by atoms with Gasteiger partial charge in [-0.25, -0.2) is 0 Å². The molecule has 0 aromatic heterocycles. The van der Waals surface area contributed by atoms with Crippen molar-refractivity contribution in [3.05, 3.63) is 42.0 Å². The SMILES string of the molecule is CCN1OC(c2ccccc2)=CC1S(=O)(=O)O. The fraction of sp³-hybridized carbons (Fsp3) is 0.273. The molecule has 1 heterocycles. The lowest BCUT2D eigenvalue weighted by atomic mass is 10.2. The molecule has 1 aromatic carbocycles. The molecule has 92 valence electrons. The Kier molecular flexibility index (Phi) is 3.19. The van der Waals surface area contributed by atoms with Crippen molar-refractivity contribution in [1.82, 2.24) is 5.06 Å². The second-order valence-corrected chi connectivity index (χ2v) is 5.14. The van der Waals surface area contributed by atoms with Gasteiger partial charge in [-0.2, -0.15) is 8.42 Å². The number of nitrogens with zero attached hydrogens (tertiary/aromatic N) is 1. The molecule has 0 radical (unpaired) electrons. The number of benzene rings is 1. The smallest absolute Gasteiger partial charge is 0.288 e. The molecule has 5 nitrogen and oxygen atoms in total. The molecule has 1 aliphatic rings. The highest BCUT2D eigenvalue weighted by Gasteiger charge is 2.35. The van der Waals surface area contributed by atoms with E-state index in [2.05, 4.69) is 0 Å². The number of rotatable bonds is 3. The third-order valence-electron chi connectivity index (χ3n) is 2.47. The molecule has 0 bridgehead atoms.